The normalized spacial score (nSPS) is 26.4. The number of unbranched alkanes of at least 4 members (excludes halogenated alkanes) is 6. The van der Waals surface area contributed by atoms with Crippen molar-refractivity contribution in [2.24, 2.45) is 11.8 Å². The third-order valence-corrected chi connectivity index (χ3v) is 8.08. The first kappa shape index (κ1) is 26.8. The van der Waals surface area contributed by atoms with E-state index in [1.54, 1.807) is 6.08 Å². The molecule has 5 atom stereocenters. The van der Waals surface area contributed by atoms with E-state index in [1.807, 2.05) is 6.08 Å². The van der Waals surface area contributed by atoms with Crippen LogP contribution in [0.4, 0.5) is 0 Å². The van der Waals surface area contributed by atoms with Crippen molar-refractivity contribution >= 4 is 7.60 Å². The molecule has 0 heterocycles. The molecular formula is C22H43O6P. The Morgan fingerprint density at radius 1 is 1.00 bits per heavy atom. The summed E-state index contributed by atoms with van der Waals surface area (Å²) < 4.78 is 21.9. The second-order valence-electron chi connectivity index (χ2n) is 8.32. The summed E-state index contributed by atoms with van der Waals surface area (Å²) in [4.78, 5) is 0. The monoisotopic (exact) mass is 434 g/mol. The minimum atomic E-state index is -2.89. The Morgan fingerprint density at radius 2 is 1.66 bits per heavy atom. The molecule has 29 heavy (non-hydrogen) atoms. The summed E-state index contributed by atoms with van der Waals surface area (Å²) in [5.41, 5.74) is 0. The summed E-state index contributed by atoms with van der Waals surface area (Å²) in [6, 6.07) is 0. The van der Waals surface area contributed by atoms with Crippen molar-refractivity contribution in [2.75, 3.05) is 20.4 Å². The molecule has 7 heteroatoms. The highest BCUT2D eigenvalue weighted by Crippen LogP contribution is 2.47. The van der Waals surface area contributed by atoms with Crippen LogP contribution in [-0.2, 0) is 13.6 Å². The Morgan fingerprint density at radius 3 is 2.31 bits per heavy atom. The van der Waals surface area contributed by atoms with Gasteiger partial charge in [-0.1, -0.05) is 64.0 Å². The lowest BCUT2D eigenvalue weighted by molar-refractivity contribution is 0.115. The number of hydrogen-bond acceptors (Lipinski definition) is 6. The maximum absolute atomic E-state index is 12.0. The van der Waals surface area contributed by atoms with Crippen molar-refractivity contribution in [3.8, 4) is 0 Å². The van der Waals surface area contributed by atoms with Crippen LogP contribution in [0.15, 0.2) is 12.2 Å². The second kappa shape index (κ2) is 14.7. The number of hydrogen-bond donors (Lipinski definition) is 3. The van der Waals surface area contributed by atoms with Gasteiger partial charge in [0.05, 0.1) is 24.5 Å². The number of aliphatic hydroxyl groups excluding tert-OH is 3. The lowest BCUT2D eigenvalue weighted by Crippen LogP contribution is -2.21. The van der Waals surface area contributed by atoms with E-state index in [9.17, 15) is 19.9 Å². The Labute approximate surface area is 177 Å². The van der Waals surface area contributed by atoms with Crippen LogP contribution in [0.3, 0.4) is 0 Å². The summed E-state index contributed by atoms with van der Waals surface area (Å²) >= 11 is 0. The van der Waals surface area contributed by atoms with Crippen LogP contribution in [0.25, 0.3) is 0 Å². The molecular weight excluding hydrogens is 391 g/mol. The van der Waals surface area contributed by atoms with Gasteiger partial charge in [0.15, 0.2) is 0 Å². The molecule has 0 bridgehead atoms. The summed E-state index contributed by atoms with van der Waals surface area (Å²) in [5, 5.41) is 30.7. The molecule has 1 saturated carbocycles. The van der Waals surface area contributed by atoms with Crippen molar-refractivity contribution in [1.82, 2.24) is 0 Å². The maximum Gasteiger partial charge on any atom is 0.330 e. The third-order valence-electron chi connectivity index (χ3n) is 6.10. The summed E-state index contributed by atoms with van der Waals surface area (Å²) in [7, 11) is -0.0567. The van der Waals surface area contributed by atoms with Crippen LogP contribution in [-0.4, -0.2) is 54.0 Å². The first-order valence-electron chi connectivity index (χ1n) is 11.3. The zero-order valence-corrected chi connectivity index (χ0v) is 19.4. The van der Waals surface area contributed by atoms with E-state index in [0.29, 0.717) is 12.6 Å². The lowest BCUT2D eigenvalue weighted by atomic mass is 9.88. The zero-order chi connectivity index (χ0) is 21.7. The van der Waals surface area contributed by atoms with E-state index >= 15 is 0 Å². The van der Waals surface area contributed by atoms with Crippen LogP contribution in [0, 0.1) is 11.8 Å². The molecule has 0 aliphatic heterocycles. The largest absolute Gasteiger partial charge is 0.393 e. The molecule has 0 spiro atoms. The Balaban J connectivity index is 2.32. The molecule has 1 aliphatic rings. The van der Waals surface area contributed by atoms with E-state index in [-0.39, 0.29) is 11.8 Å². The smallest absolute Gasteiger partial charge is 0.330 e. The van der Waals surface area contributed by atoms with E-state index in [0.717, 1.165) is 64.2 Å². The molecule has 0 unspecified atom stereocenters. The zero-order valence-electron chi connectivity index (χ0n) is 18.5. The van der Waals surface area contributed by atoms with Gasteiger partial charge >= 0.3 is 7.60 Å². The van der Waals surface area contributed by atoms with Gasteiger partial charge in [-0.15, -0.1) is 0 Å². The standard InChI is InChI=1S/C22H43O6P/c1-4-5-9-12-18(23)14-15-20-19(21(24)17-22(20)25)13-10-7-6-8-11-16-29(26,27-2)28-3/h14-15,18-25H,4-13,16-17H2,1-3H3/b15-14+/t18-,19+,20+,21+,22+/m0/s1. The van der Waals surface area contributed by atoms with Crippen molar-refractivity contribution in [2.45, 2.75) is 95.9 Å². The van der Waals surface area contributed by atoms with Gasteiger partial charge in [0, 0.05) is 26.6 Å². The van der Waals surface area contributed by atoms with Gasteiger partial charge < -0.3 is 24.4 Å². The Bertz CT molecular complexity index is 490. The van der Waals surface area contributed by atoms with Gasteiger partial charge in [-0.05, 0) is 25.2 Å². The topological polar surface area (TPSA) is 96.2 Å². The van der Waals surface area contributed by atoms with Gasteiger partial charge in [-0.2, -0.15) is 0 Å². The number of rotatable bonds is 16. The average Bonchev–Trinajstić information content (AvgIpc) is 2.98. The van der Waals surface area contributed by atoms with Crippen molar-refractivity contribution < 1.29 is 28.9 Å². The third kappa shape index (κ3) is 10.1. The molecule has 0 aromatic heterocycles. The van der Waals surface area contributed by atoms with E-state index in [2.05, 4.69) is 6.92 Å². The summed E-state index contributed by atoms with van der Waals surface area (Å²) in [6.07, 6.45) is 12.8. The summed E-state index contributed by atoms with van der Waals surface area (Å²) in [6.45, 7) is 2.14. The van der Waals surface area contributed by atoms with Gasteiger partial charge in [0.25, 0.3) is 0 Å². The summed E-state index contributed by atoms with van der Waals surface area (Å²) in [5.74, 6) is -0.0357. The quantitative estimate of drug-likeness (QED) is 0.186. The predicted octanol–water partition coefficient (Wildman–Crippen LogP) is 4.67. The van der Waals surface area contributed by atoms with Gasteiger partial charge in [-0.25, -0.2) is 0 Å². The Hall–Kier alpha value is -0.230. The first-order chi connectivity index (χ1) is 13.9. The Kier molecular flexibility index (Phi) is 13.6. The maximum atomic E-state index is 12.0. The van der Waals surface area contributed by atoms with Crippen molar-refractivity contribution in [3.05, 3.63) is 12.2 Å². The van der Waals surface area contributed by atoms with E-state index in [4.69, 9.17) is 9.05 Å². The minimum absolute atomic E-state index is 0.0475. The molecule has 172 valence electrons. The van der Waals surface area contributed by atoms with Crippen LogP contribution in [0.2, 0.25) is 0 Å². The molecule has 3 N–H and O–H groups in total. The lowest BCUT2D eigenvalue weighted by Gasteiger charge is -2.21. The van der Waals surface area contributed by atoms with Crippen LogP contribution < -0.4 is 0 Å². The minimum Gasteiger partial charge on any atom is -0.393 e. The fraction of sp³-hybridized carbons (Fsp3) is 0.909. The molecule has 1 rings (SSSR count). The van der Waals surface area contributed by atoms with E-state index < -0.39 is 25.9 Å². The van der Waals surface area contributed by atoms with Crippen LogP contribution in [0.1, 0.15) is 77.6 Å². The predicted molar refractivity (Wildman–Crippen MR) is 117 cm³/mol. The highest BCUT2D eigenvalue weighted by atomic mass is 31.2. The second-order valence-corrected chi connectivity index (χ2v) is 10.7. The highest BCUT2D eigenvalue weighted by molar-refractivity contribution is 7.53. The fourth-order valence-electron chi connectivity index (χ4n) is 4.21. The fourth-order valence-corrected chi connectivity index (χ4v) is 5.33. The molecule has 0 amide bonds. The molecule has 0 saturated heterocycles. The highest BCUT2D eigenvalue weighted by Gasteiger charge is 2.39. The average molecular weight is 435 g/mol. The van der Waals surface area contributed by atoms with E-state index in [1.165, 1.54) is 14.2 Å². The molecule has 6 nitrogen and oxygen atoms in total. The molecule has 1 aliphatic carbocycles. The molecule has 1 fully saturated rings. The SMILES string of the molecule is CCCCC[C@H](O)/C=C/[C@@H]1[C@@H](CCCCCCCP(=O)(OC)OC)[C@H](O)C[C@H]1O. The number of aliphatic hydroxyl groups is 3. The first-order valence-corrected chi connectivity index (χ1v) is 13.0. The van der Waals surface area contributed by atoms with Crippen LogP contribution >= 0.6 is 7.60 Å². The van der Waals surface area contributed by atoms with Gasteiger partial charge in [-0.3, -0.25) is 4.57 Å². The van der Waals surface area contributed by atoms with Crippen molar-refractivity contribution in [1.29, 1.82) is 0 Å². The van der Waals surface area contributed by atoms with Crippen molar-refractivity contribution in [3.63, 3.8) is 0 Å². The molecule has 0 aromatic rings. The molecule has 0 aromatic carbocycles. The van der Waals surface area contributed by atoms with Gasteiger partial charge in [0.2, 0.25) is 0 Å². The van der Waals surface area contributed by atoms with Crippen LogP contribution in [0.5, 0.6) is 0 Å². The van der Waals surface area contributed by atoms with Gasteiger partial charge in [0.1, 0.15) is 0 Å². The molecule has 0 radical (unpaired) electrons.